The van der Waals surface area contributed by atoms with Crippen molar-refractivity contribution in [1.29, 1.82) is 0 Å². The highest BCUT2D eigenvalue weighted by atomic mass is 14.8. The average Bonchev–Trinajstić information content (AvgIpc) is 2.68. The van der Waals surface area contributed by atoms with E-state index in [4.69, 9.17) is 0 Å². The third-order valence-electron chi connectivity index (χ3n) is 4.82. The van der Waals surface area contributed by atoms with Gasteiger partial charge in [0.15, 0.2) is 0 Å². The fraction of sp³-hybridized carbons (Fsp3) is 0.154. The van der Waals surface area contributed by atoms with E-state index < -0.39 is 0 Å². The van der Waals surface area contributed by atoms with Crippen molar-refractivity contribution < 1.29 is 0 Å². The Labute approximate surface area is 163 Å². The van der Waals surface area contributed by atoms with Crippen LogP contribution >= 0.6 is 0 Å². The second kappa shape index (κ2) is 8.55. The lowest BCUT2D eigenvalue weighted by Crippen LogP contribution is -1.90. The molecule has 0 spiro atoms. The number of hydrogen-bond donors (Lipinski definition) is 1. The molecule has 0 aromatic heterocycles. The molecule has 0 fully saturated rings. The van der Waals surface area contributed by atoms with Crippen molar-refractivity contribution in [2.24, 2.45) is 0 Å². The molecular formula is C26H27N. The van der Waals surface area contributed by atoms with E-state index in [2.05, 4.69) is 111 Å². The normalized spacial score (nSPS) is 10.8. The summed E-state index contributed by atoms with van der Waals surface area (Å²) in [7, 11) is 1.95. The molecule has 0 aliphatic rings. The van der Waals surface area contributed by atoms with Gasteiger partial charge in [0.05, 0.1) is 0 Å². The first-order valence-electron chi connectivity index (χ1n) is 9.37. The van der Waals surface area contributed by atoms with Crippen molar-refractivity contribution in [1.82, 2.24) is 0 Å². The molecule has 0 bridgehead atoms. The van der Waals surface area contributed by atoms with Gasteiger partial charge in [-0.05, 0) is 60.7 Å². The summed E-state index contributed by atoms with van der Waals surface area (Å²) in [6, 6.07) is 23.9. The number of allylic oxidation sites excluding steroid dienone is 2. The van der Waals surface area contributed by atoms with Crippen LogP contribution in [0.15, 0.2) is 78.9 Å². The van der Waals surface area contributed by atoms with Crippen LogP contribution in [0.1, 0.15) is 33.4 Å². The minimum Gasteiger partial charge on any atom is -0.388 e. The van der Waals surface area contributed by atoms with Crippen molar-refractivity contribution in [2.75, 3.05) is 12.4 Å². The van der Waals surface area contributed by atoms with E-state index in [1.807, 2.05) is 7.05 Å². The van der Waals surface area contributed by atoms with Gasteiger partial charge in [-0.25, -0.2) is 0 Å². The molecule has 1 heteroatoms. The van der Waals surface area contributed by atoms with Crippen molar-refractivity contribution >= 4 is 17.3 Å². The Morgan fingerprint density at radius 2 is 1.30 bits per heavy atom. The molecule has 27 heavy (non-hydrogen) atoms. The first kappa shape index (κ1) is 18.7. The largest absolute Gasteiger partial charge is 0.388 e. The molecule has 136 valence electrons. The van der Waals surface area contributed by atoms with Gasteiger partial charge in [-0.15, -0.1) is 0 Å². The van der Waals surface area contributed by atoms with Gasteiger partial charge in [0.25, 0.3) is 0 Å². The Hall–Kier alpha value is -3.06. The van der Waals surface area contributed by atoms with E-state index in [1.165, 1.54) is 39.0 Å². The summed E-state index contributed by atoms with van der Waals surface area (Å²) in [4.78, 5) is 0. The summed E-state index contributed by atoms with van der Waals surface area (Å²) >= 11 is 0. The maximum Gasteiger partial charge on any atom is 0.0340 e. The number of nitrogens with one attached hydrogen (secondary N) is 1. The number of hydrogen-bond acceptors (Lipinski definition) is 1. The quantitative estimate of drug-likeness (QED) is 0.497. The highest BCUT2D eigenvalue weighted by Gasteiger charge is 2.04. The lowest BCUT2D eigenvalue weighted by atomic mass is 9.96. The fourth-order valence-corrected chi connectivity index (χ4v) is 3.09. The zero-order valence-electron chi connectivity index (χ0n) is 16.6. The molecule has 0 saturated carbocycles. The van der Waals surface area contributed by atoms with Crippen LogP contribution in [0.2, 0.25) is 0 Å². The van der Waals surface area contributed by atoms with Crippen LogP contribution in [0.5, 0.6) is 0 Å². The Morgan fingerprint density at radius 3 is 1.78 bits per heavy atom. The van der Waals surface area contributed by atoms with Crippen LogP contribution in [0.25, 0.3) is 11.6 Å². The summed E-state index contributed by atoms with van der Waals surface area (Å²) in [6.45, 7) is 6.39. The molecular weight excluding hydrogens is 326 g/mol. The third kappa shape index (κ3) is 4.77. The predicted molar refractivity (Wildman–Crippen MR) is 119 cm³/mol. The van der Waals surface area contributed by atoms with Crippen LogP contribution in [0.3, 0.4) is 0 Å². The Balaban J connectivity index is 1.97. The molecule has 0 radical (unpaired) electrons. The highest BCUT2D eigenvalue weighted by molar-refractivity contribution is 5.81. The molecule has 0 heterocycles. The molecule has 3 aromatic rings. The van der Waals surface area contributed by atoms with Gasteiger partial charge in [0.2, 0.25) is 0 Å². The van der Waals surface area contributed by atoms with E-state index in [-0.39, 0.29) is 0 Å². The van der Waals surface area contributed by atoms with E-state index >= 15 is 0 Å². The topological polar surface area (TPSA) is 12.0 Å². The number of aryl methyl sites for hydroxylation is 3. The summed E-state index contributed by atoms with van der Waals surface area (Å²) in [5.41, 5.74) is 9.88. The average molecular weight is 354 g/mol. The second-order valence-corrected chi connectivity index (χ2v) is 6.99. The summed E-state index contributed by atoms with van der Waals surface area (Å²) in [5, 5.41) is 3.19. The monoisotopic (exact) mass is 353 g/mol. The molecule has 3 rings (SSSR count). The number of anilines is 1. The minimum absolute atomic E-state index is 1.14. The SMILES string of the molecule is CNc1ccc(/C=C/C=C(c2ccc(C)cc2)c2ccc(C)cc2)c(C)c1. The van der Waals surface area contributed by atoms with Crippen molar-refractivity contribution in [3.63, 3.8) is 0 Å². The first-order valence-corrected chi connectivity index (χ1v) is 9.37. The highest BCUT2D eigenvalue weighted by Crippen LogP contribution is 2.25. The molecule has 0 atom stereocenters. The molecule has 0 amide bonds. The predicted octanol–water partition coefficient (Wildman–Crippen LogP) is 6.80. The Morgan fingerprint density at radius 1 is 0.741 bits per heavy atom. The van der Waals surface area contributed by atoms with Gasteiger partial charge in [0, 0.05) is 12.7 Å². The van der Waals surface area contributed by atoms with Crippen molar-refractivity contribution in [3.05, 3.63) is 112 Å². The lowest BCUT2D eigenvalue weighted by Gasteiger charge is -2.09. The zero-order chi connectivity index (χ0) is 19.2. The van der Waals surface area contributed by atoms with Gasteiger partial charge in [-0.3, -0.25) is 0 Å². The summed E-state index contributed by atoms with van der Waals surface area (Å²) in [5.74, 6) is 0. The molecule has 1 N–H and O–H groups in total. The lowest BCUT2D eigenvalue weighted by molar-refractivity contribution is 1.41. The van der Waals surface area contributed by atoms with E-state index in [0.717, 1.165) is 5.69 Å². The first-order chi connectivity index (χ1) is 13.1. The van der Waals surface area contributed by atoms with Crippen LogP contribution in [0, 0.1) is 20.8 Å². The molecule has 0 unspecified atom stereocenters. The van der Waals surface area contributed by atoms with Crippen molar-refractivity contribution in [3.8, 4) is 0 Å². The van der Waals surface area contributed by atoms with Gasteiger partial charge in [0.1, 0.15) is 0 Å². The van der Waals surface area contributed by atoms with Crippen LogP contribution in [-0.2, 0) is 0 Å². The molecule has 3 aromatic carbocycles. The van der Waals surface area contributed by atoms with Crippen LogP contribution < -0.4 is 5.32 Å². The van der Waals surface area contributed by atoms with Crippen LogP contribution in [0.4, 0.5) is 5.69 Å². The van der Waals surface area contributed by atoms with E-state index in [9.17, 15) is 0 Å². The third-order valence-corrected chi connectivity index (χ3v) is 4.82. The Bertz CT molecular complexity index is 911. The maximum atomic E-state index is 3.19. The minimum atomic E-state index is 1.14. The summed E-state index contributed by atoms with van der Waals surface area (Å²) < 4.78 is 0. The van der Waals surface area contributed by atoms with Gasteiger partial charge < -0.3 is 5.32 Å². The van der Waals surface area contributed by atoms with Gasteiger partial charge in [-0.1, -0.05) is 84.0 Å². The molecule has 0 saturated heterocycles. The Kier molecular flexibility index (Phi) is 5.93. The van der Waals surface area contributed by atoms with Crippen molar-refractivity contribution in [2.45, 2.75) is 20.8 Å². The molecule has 0 aliphatic carbocycles. The number of benzene rings is 3. The van der Waals surface area contributed by atoms with E-state index in [0.29, 0.717) is 0 Å². The van der Waals surface area contributed by atoms with E-state index in [1.54, 1.807) is 0 Å². The standard InChI is InChI=1S/C26H27N/c1-19-8-12-23(13-9-19)26(24-14-10-20(2)11-15-24)7-5-6-22-16-17-25(27-4)18-21(22)3/h5-18,27H,1-4H3/b6-5+. The van der Waals surface area contributed by atoms with Crippen LogP contribution in [-0.4, -0.2) is 7.05 Å². The molecule has 0 aliphatic heterocycles. The van der Waals surface area contributed by atoms with Gasteiger partial charge >= 0.3 is 0 Å². The second-order valence-electron chi connectivity index (χ2n) is 6.99. The van der Waals surface area contributed by atoms with Gasteiger partial charge in [-0.2, -0.15) is 0 Å². The zero-order valence-corrected chi connectivity index (χ0v) is 16.6. The smallest absolute Gasteiger partial charge is 0.0340 e. The maximum absolute atomic E-state index is 3.19. The molecule has 1 nitrogen and oxygen atoms in total. The summed E-state index contributed by atoms with van der Waals surface area (Å²) in [6.07, 6.45) is 6.54. The fourth-order valence-electron chi connectivity index (χ4n) is 3.09. The number of rotatable bonds is 5.